The molecule has 0 amide bonds. The summed E-state index contributed by atoms with van der Waals surface area (Å²) in [6.45, 7) is 0. The van der Waals surface area contributed by atoms with Crippen molar-refractivity contribution < 1.29 is 23.1 Å². The van der Waals surface area contributed by atoms with Crippen molar-refractivity contribution in [2.75, 3.05) is 0 Å². The van der Waals surface area contributed by atoms with Gasteiger partial charge in [-0.15, -0.1) is 0 Å². The molecule has 0 radical (unpaired) electrons. The highest BCUT2D eigenvalue weighted by atomic mass is 19.4. The van der Waals surface area contributed by atoms with Gasteiger partial charge in [-0.3, -0.25) is 4.79 Å². The minimum absolute atomic E-state index is 0.153. The van der Waals surface area contributed by atoms with Crippen molar-refractivity contribution in [3.05, 3.63) is 78.4 Å². The lowest BCUT2D eigenvalue weighted by Crippen LogP contribution is -2.20. The van der Waals surface area contributed by atoms with E-state index < -0.39 is 17.7 Å². The predicted octanol–water partition coefficient (Wildman–Crippen LogP) is 6.18. The summed E-state index contributed by atoms with van der Waals surface area (Å²) < 4.78 is 37.4. The van der Waals surface area contributed by atoms with Crippen LogP contribution in [0.1, 0.15) is 5.56 Å². The lowest BCUT2D eigenvalue weighted by molar-refractivity contribution is -0.165. The highest BCUT2D eigenvalue weighted by molar-refractivity contribution is 6.25. The zero-order chi connectivity index (χ0) is 19.2. The zero-order valence-electron chi connectivity index (χ0n) is 13.9. The third-order valence-corrected chi connectivity index (χ3v) is 4.59. The largest absolute Gasteiger partial charge is 0.507 e. The second-order valence-corrected chi connectivity index (χ2v) is 6.24. The van der Waals surface area contributed by atoms with Crippen molar-refractivity contribution in [2.24, 2.45) is 0 Å². The van der Waals surface area contributed by atoms with E-state index in [9.17, 15) is 23.1 Å². The Balaban J connectivity index is 2.01. The number of hydrogen-bond acceptors (Lipinski definition) is 2. The Bertz CT molecular complexity index is 1200. The smallest absolute Gasteiger partial charge is 0.454 e. The molecule has 2 nitrogen and oxygen atoms in total. The molecule has 4 rings (SSSR count). The molecule has 134 valence electrons. The first kappa shape index (κ1) is 17.1. The molecular formula is C22H13F3O2. The van der Waals surface area contributed by atoms with Crippen LogP contribution in [-0.2, 0) is 4.79 Å². The van der Waals surface area contributed by atoms with Gasteiger partial charge in [0.2, 0.25) is 0 Å². The molecule has 4 aromatic rings. The average Bonchev–Trinajstić information content (AvgIpc) is 2.67. The lowest BCUT2D eigenvalue weighted by Gasteiger charge is -2.11. The number of carbonyl (C=O) groups excluding carboxylic acids is 1. The minimum atomic E-state index is -5.02. The molecule has 0 fully saturated rings. The van der Waals surface area contributed by atoms with Crippen LogP contribution in [0.25, 0.3) is 38.1 Å². The topological polar surface area (TPSA) is 37.3 Å². The van der Waals surface area contributed by atoms with Crippen LogP contribution in [0.15, 0.2) is 72.8 Å². The maximum atomic E-state index is 12.5. The highest BCUT2D eigenvalue weighted by Gasteiger charge is 2.37. The van der Waals surface area contributed by atoms with Gasteiger partial charge in [-0.05, 0) is 38.4 Å². The van der Waals surface area contributed by atoms with Gasteiger partial charge in [0.15, 0.2) is 0 Å². The molecule has 0 aromatic heterocycles. The zero-order valence-corrected chi connectivity index (χ0v) is 13.9. The van der Waals surface area contributed by atoms with Gasteiger partial charge in [-0.1, -0.05) is 60.7 Å². The first-order valence-electron chi connectivity index (χ1n) is 8.21. The summed E-state index contributed by atoms with van der Waals surface area (Å²) in [6, 6.07) is 20.4. The van der Waals surface area contributed by atoms with Crippen molar-refractivity contribution >= 4 is 43.9 Å². The maximum absolute atomic E-state index is 12.5. The molecule has 0 aliphatic carbocycles. The van der Waals surface area contributed by atoms with Crippen molar-refractivity contribution in [3.63, 3.8) is 0 Å². The van der Waals surface area contributed by atoms with E-state index in [1.165, 1.54) is 6.07 Å². The van der Waals surface area contributed by atoms with E-state index in [0.29, 0.717) is 0 Å². The number of allylic oxidation sites excluding steroid dienone is 1. The molecule has 5 heteroatoms. The molecular weight excluding hydrogens is 353 g/mol. The molecule has 0 atom stereocenters. The number of aliphatic hydroxyl groups excluding tert-OH is 1. The Morgan fingerprint density at radius 3 is 1.67 bits per heavy atom. The second-order valence-electron chi connectivity index (χ2n) is 6.24. The fourth-order valence-electron chi connectivity index (χ4n) is 3.36. The van der Waals surface area contributed by atoms with Crippen molar-refractivity contribution in [1.29, 1.82) is 0 Å². The van der Waals surface area contributed by atoms with Crippen LogP contribution in [0.2, 0.25) is 0 Å². The molecule has 0 spiro atoms. The fourth-order valence-corrected chi connectivity index (χ4v) is 3.36. The van der Waals surface area contributed by atoms with Crippen molar-refractivity contribution in [2.45, 2.75) is 6.18 Å². The van der Waals surface area contributed by atoms with Gasteiger partial charge in [0.05, 0.1) is 0 Å². The molecule has 0 bridgehead atoms. The summed E-state index contributed by atoms with van der Waals surface area (Å²) in [4.78, 5) is 11.1. The molecule has 4 aromatic carbocycles. The van der Waals surface area contributed by atoms with Gasteiger partial charge in [-0.25, -0.2) is 0 Å². The van der Waals surface area contributed by atoms with E-state index in [1.807, 2.05) is 48.5 Å². The van der Waals surface area contributed by atoms with Gasteiger partial charge in [0.1, 0.15) is 5.76 Å². The number of carbonyl (C=O) groups is 1. The third kappa shape index (κ3) is 2.91. The molecule has 0 heterocycles. The Kier molecular flexibility index (Phi) is 3.88. The summed E-state index contributed by atoms with van der Waals surface area (Å²) >= 11 is 0. The number of benzene rings is 4. The molecule has 0 unspecified atom stereocenters. The number of hydrogen-bond donors (Lipinski definition) is 1. The molecule has 27 heavy (non-hydrogen) atoms. The van der Waals surface area contributed by atoms with E-state index in [2.05, 4.69) is 0 Å². The maximum Gasteiger partial charge on any atom is 0.454 e. The van der Waals surface area contributed by atoms with Gasteiger partial charge in [-0.2, -0.15) is 13.2 Å². The second kappa shape index (κ2) is 6.13. The summed E-state index contributed by atoms with van der Waals surface area (Å²) in [7, 11) is 0. The predicted molar refractivity (Wildman–Crippen MR) is 101 cm³/mol. The molecule has 1 N–H and O–H groups in total. The number of alkyl halides is 3. The Morgan fingerprint density at radius 1 is 0.741 bits per heavy atom. The van der Waals surface area contributed by atoms with E-state index in [1.54, 1.807) is 12.1 Å². The van der Waals surface area contributed by atoms with Crippen LogP contribution in [0.3, 0.4) is 0 Å². The van der Waals surface area contributed by atoms with Crippen LogP contribution in [0.5, 0.6) is 0 Å². The number of halogens is 3. The van der Waals surface area contributed by atoms with Crippen LogP contribution < -0.4 is 0 Å². The standard InChI is InChI=1S/C22H13F3O2/c23-22(24,25)21(27)12-20(26)13-9-10-18-16-7-2-1-5-14(16)15-6-3-4-8-17(15)19(18)11-13/h1-12,26H. The van der Waals surface area contributed by atoms with Crippen molar-refractivity contribution in [1.82, 2.24) is 0 Å². The molecule has 0 saturated heterocycles. The van der Waals surface area contributed by atoms with Crippen LogP contribution in [-0.4, -0.2) is 17.1 Å². The van der Waals surface area contributed by atoms with Gasteiger partial charge >= 0.3 is 6.18 Å². The molecule has 0 aliphatic rings. The SMILES string of the molecule is O=C(C=C(O)c1ccc2c3ccccc3c3ccccc3c2c1)C(F)(F)F. The normalized spacial score (nSPS) is 12.8. The Morgan fingerprint density at radius 2 is 1.19 bits per heavy atom. The van der Waals surface area contributed by atoms with Gasteiger partial charge < -0.3 is 5.11 Å². The van der Waals surface area contributed by atoms with Gasteiger partial charge in [0.25, 0.3) is 5.78 Å². The van der Waals surface area contributed by atoms with E-state index in [4.69, 9.17) is 0 Å². The quantitative estimate of drug-likeness (QED) is 0.261. The van der Waals surface area contributed by atoms with E-state index >= 15 is 0 Å². The highest BCUT2D eigenvalue weighted by Crippen LogP contribution is 2.36. The first-order chi connectivity index (χ1) is 12.9. The Labute approximate surface area is 152 Å². The lowest BCUT2D eigenvalue weighted by atomic mass is 9.93. The van der Waals surface area contributed by atoms with Crippen LogP contribution in [0.4, 0.5) is 13.2 Å². The number of rotatable bonds is 2. The van der Waals surface area contributed by atoms with Crippen molar-refractivity contribution in [3.8, 4) is 0 Å². The Hall–Kier alpha value is -3.34. The summed E-state index contributed by atoms with van der Waals surface area (Å²) in [5.74, 6) is -2.81. The van der Waals surface area contributed by atoms with E-state index in [-0.39, 0.29) is 11.6 Å². The summed E-state index contributed by atoms with van der Waals surface area (Å²) in [5, 5.41) is 15.8. The summed E-state index contributed by atoms with van der Waals surface area (Å²) in [6.07, 6.45) is -4.81. The first-order valence-corrected chi connectivity index (χ1v) is 8.21. The monoisotopic (exact) mass is 366 g/mol. The number of aliphatic hydroxyl groups is 1. The minimum Gasteiger partial charge on any atom is -0.507 e. The number of ketones is 1. The van der Waals surface area contributed by atoms with Crippen LogP contribution in [0, 0.1) is 0 Å². The molecule has 0 saturated carbocycles. The van der Waals surface area contributed by atoms with Crippen LogP contribution >= 0.6 is 0 Å². The van der Waals surface area contributed by atoms with E-state index in [0.717, 1.165) is 32.3 Å². The molecule has 0 aliphatic heterocycles. The summed E-state index contributed by atoms with van der Waals surface area (Å²) in [5.41, 5.74) is 0.153. The third-order valence-electron chi connectivity index (χ3n) is 4.59. The van der Waals surface area contributed by atoms with Gasteiger partial charge in [0, 0.05) is 11.6 Å². The fraction of sp³-hybridized carbons (Fsp3) is 0.0455. The number of fused-ring (bicyclic) bond motifs is 6. The average molecular weight is 366 g/mol.